The first-order chi connectivity index (χ1) is 7.66. The van der Waals surface area contributed by atoms with Crippen LogP contribution in [-0.2, 0) is 4.74 Å². The van der Waals surface area contributed by atoms with Crippen LogP contribution in [0.5, 0.6) is 0 Å². The summed E-state index contributed by atoms with van der Waals surface area (Å²) >= 11 is 0. The van der Waals surface area contributed by atoms with Gasteiger partial charge in [0.25, 0.3) is 0 Å². The fourth-order valence-electron chi connectivity index (χ4n) is 1.82. The number of benzene rings is 1. The van der Waals surface area contributed by atoms with Gasteiger partial charge in [0, 0.05) is 12.0 Å². The van der Waals surface area contributed by atoms with Crippen LogP contribution in [0.1, 0.15) is 31.7 Å². The minimum absolute atomic E-state index is 0.0612. The van der Waals surface area contributed by atoms with Crippen molar-refractivity contribution in [3.63, 3.8) is 0 Å². The maximum absolute atomic E-state index is 11.3. The highest BCUT2D eigenvalue weighted by molar-refractivity contribution is 5.68. The molecule has 0 aromatic heterocycles. The first kappa shape index (κ1) is 11.0. The van der Waals surface area contributed by atoms with E-state index in [1.54, 1.807) is 0 Å². The molecular formula is C13H17NO2. The molecule has 0 spiro atoms. The molecule has 86 valence electrons. The molecule has 1 N–H and O–H groups in total. The number of ether oxygens (including phenoxy) is 1. The zero-order chi connectivity index (χ0) is 11.5. The molecule has 0 bridgehead atoms. The number of alkyl carbamates (subject to hydrolysis) is 1. The maximum atomic E-state index is 11.3. The topological polar surface area (TPSA) is 38.3 Å². The van der Waals surface area contributed by atoms with Gasteiger partial charge >= 0.3 is 6.09 Å². The summed E-state index contributed by atoms with van der Waals surface area (Å²) in [5, 5.41) is 2.87. The highest BCUT2D eigenvalue weighted by atomic mass is 16.6. The molecule has 1 fully saturated rings. The first-order valence-electron chi connectivity index (χ1n) is 5.69. The van der Waals surface area contributed by atoms with E-state index in [9.17, 15) is 4.79 Å². The van der Waals surface area contributed by atoms with Crippen molar-refractivity contribution < 1.29 is 9.53 Å². The van der Waals surface area contributed by atoms with Gasteiger partial charge in [-0.1, -0.05) is 30.3 Å². The second-order valence-electron chi connectivity index (χ2n) is 4.46. The van der Waals surface area contributed by atoms with Gasteiger partial charge < -0.3 is 10.1 Å². The van der Waals surface area contributed by atoms with Crippen LogP contribution in [0, 0.1) is 0 Å². The van der Waals surface area contributed by atoms with Gasteiger partial charge in [0.1, 0.15) is 0 Å². The van der Waals surface area contributed by atoms with Crippen LogP contribution in [0.2, 0.25) is 0 Å². The van der Waals surface area contributed by atoms with Gasteiger partial charge in [-0.05, 0) is 25.8 Å². The normalized spacial score (nSPS) is 22.9. The Morgan fingerprint density at radius 2 is 2.06 bits per heavy atom. The standard InChI is InChI=1S/C13H17NO2/c1-9(2)16-13(15)14-12-8-11(12)10-6-4-3-5-7-10/h3-7,9,11-12H,8H2,1-2H3,(H,14,15). The highest BCUT2D eigenvalue weighted by Crippen LogP contribution is 2.40. The van der Waals surface area contributed by atoms with Crippen molar-refractivity contribution in [1.29, 1.82) is 0 Å². The van der Waals surface area contributed by atoms with Crippen molar-refractivity contribution in [2.75, 3.05) is 0 Å². The van der Waals surface area contributed by atoms with Crippen molar-refractivity contribution >= 4 is 6.09 Å². The van der Waals surface area contributed by atoms with E-state index in [1.165, 1.54) is 5.56 Å². The van der Waals surface area contributed by atoms with E-state index >= 15 is 0 Å². The summed E-state index contributed by atoms with van der Waals surface area (Å²) in [6.45, 7) is 3.70. The molecule has 1 aliphatic rings. The average Bonchev–Trinajstić information content (AvgIpc) is 2.97. The summed E-state index contributed by atoms with van der Waals surface area (Å²) in [4.78, 5) is 11.3. The number of hydrogen-bond donors (Lipinski definition) is 1. The van der Waals surface area contributed by atoms with Crippen molar-refractivity contribution in [1.82, 2.24) is 5.32 Å². The number of carbonyl (C=O) groups excluding carboxylic acids is 1. The van der Waals surface area contributed by atoms with Gasteiger partial charge in [-0.2, -0.15) is 0 Å². The largest absolute Gasteiger partial charge is 0.447 e. The molecule has 2 atom stereocenters. The zero-order valence-corrected chi connectivity index (χ0v) is 9.64. The van der Waals surface area contributed by atoms with E-state index in [0.717, 1.165) is 6.42 Å². The van der Waals surface area contributed by atoms with Gasteiger partial charge in [-0.25, -0.2) is 4.79 Å². The summed E-state index contributed by atoms with van der Waals surface area (Å²) in [5.74, 6) is 0.459. The van der Waals surface area contributed by atoms with E-state index < -0.39 is 0 Å². The predicted octanol–water partition coefficient (Wildman–Crippen LogP) is 2.68. The second-order valence-corrected chi connectivity index (χ2v) is 4.46. The van der Waals surface area contributed by atoms with Gasteiger partial charge in [0.15, 0.2) is 0 Å². The van der Waals surface area contributed by atoms with Gasteiger partial charge in [0.05, 0.1) is 6.10 Å². The van der Waals surface area contributed by atoms with E-state index in [0.29, 0.717) is 5.92 Å². The van der Waals surface area contributed by atoms with E-state index in [4.69, 9.17) is 4.74 Å². The minimum Gasteiger partial charge on any atom is -0.447 e. The molecular weight excluding hydrogens is 202 g/mol. The Hall–Kier alpha value is -1.51. The molecule has 0 aliphatic heterocycles. The van der Waals surface area contributed by atoms with Crippen molar-refractivity contribution in [3.8, 4) is 0 Å². The first-order valence-corrected chi connectivity index (χ1v) is 5.69. The molecule has 0 saturated heterocycles. The third kappa shape index (κ3) is 2.75. The fourth-order valence-corrected chi connectivity index (χ4v) is 1.82. The fraction of sp³-hybridized carbons (Fsp3) is 0.462. The molecule has 1 amide bonds. The average molecular weight is 219 g/mol. The molecule has 3 nitrogen and oxygen atoms in total. The molecule has 2 rings (SSSR count). The molecule has 1 saturated carbocycles. The monoisotopic (exact) mass is 219 g/mol. The third-order valence-electron chi connectivity index (χ3n) is 2.66. The summed E-state index contributed by atoms with van der Waals surface area (Å²) in [6, 6.07) is 10.5. The summed E-state index contributed by atoms with van der Waals surface area (Å²) in [7, 11) is 0. The molecule has 0 radical (unpaired) electrons. The number of amides is 1. The van der Waals surface area contributed by atoms with Crippen molar-refractivity contribution in [3.05, 3.63) is 35.9 Å². The van der Waals surface area contributed by atoms with Crippen LogP contribution >= 0.6 is 0 Å². The summed E-state index contributed by atoms with van der Waals surface area (Å²) < 4.78 is 5.04. The Bertz CT molecular complexity index is 361. The maximum Gasteiger partial charge on any atom is 0.407 e. The van der Waals surface area contributed by atoms with Crippen LogP contribution in [-0.4, -0.2) is 18.2 Å². The van der Waals surface area contributed by atoms with Crippen molar-refractivity contribution in [2.45, 2.75) is 38.3 Å². The molecule has 3 heteroatoms. The van der Waals surface area contributed by atoms with Crippen LogP contribution < -0.4 is 5.32 Å². The molecule has 2 unspecified atom stereocenters. The van der Waals surface area contributed by atoms with Gasteiger partial charge in [-0.3, -0.25) is 0 Å². The third-order valence-corrected chi connectivity index (χ3v) is 2.66. The zero-order valence-electron chi connectivity index (χ0n) is 9.64. The summed E-state index contributed by atoms with van der Waals surface area (Å²) in [5.41, 5.74) is 1.29. The Kier molecular flexibility index (Phi) is 3.13. The number of rotatable bonds is 3. The Labute approximate surface area is 95.8 Å². The predicted molar refractivity (Wildman–Crippen MR) is 62.3 cm³/mol. The van der Waals surface area contributed by atoms with E-state index in [1.807, 2.05) is 32.0 Å². The van der Waals surface area contributed by atoms with Crippen LogP contribution in [0.15, 0.2) is 30.3 Å². The minimum atomic E-state index is -0.307. The molecule has 1 aliphatic carbocycles. The van der Waals surface area contributed by atoms with Crippen LogP contribution in [0.3, 0.4) is 0 Å². The lowest BCUT2D eigenvalue weighted by molar-refractivity contribution is 0.115. The molecule has 0 heterocycles. The smallest absolute Gasteiger partial charge is 0.407 e. The molecule has 16 heavy (non-hydrogen) atoms. The van der Waals surface area contributed by atoms with Crippen LogP contribution in [0.25, 0.3) is 0 Å². The number of nitrogens with one attached hydrogen (secondary N) is 1. The Balaban J connectivity index is 1.82. The lowest BCUT2D eigenvalue weighted by Crippen LogP contribution is -2.29. The Morgan fingerprint density at radius 3 is 2.69 bits per heavy atom. The quantitative estimate of drug-likeness (QED) is 0.848. The van der Waals surface area contributed by atoms with Crippen LogP contribution in [0.4, 0.5) is 4.79 Å². The highest BCUT2D eigenvalue weighted by Gasteiger charge is 2.39. The van der Waals surface area contributed by atoms with Crippen molar-refractivity contribution in [2.24, 2.45) is 0 Å². The Morgan fingerprint density at radius 1 is 1.38 bits per heavy atom. The van der Waals surface area contributed by atoms with E-state index in [-0.39, 0.29) is 18.2 Å². The molecule has 1 aromatic rings. The van der Waals surface area contributed by atoms with Gasteiger partial charge in [0.2, 0.25) is 0 Å². The molecule has 1 aromatic carbocycles. The summed E-state index contributed by atoms with van der Waals surface area (Å²) in [6.07, 6.45) is 0.643. The SMILES string of the molecule is CC(C)OC(=O)NC1CC1c1ccccc1. The number of hydrogen-bond acceptors (Lipinski definition) is 2. The second kappa shape index (κ2) is 4.56. The van der Waals surface area contributed by atoms with E-state index in [2.05, 4.69) is 17.4 Å². The van der Waals surface area contributed by atoms with Gasteiger partial charge in [-0.15, -0.1) is 0 Å². The lowest BCUT2D eigenvalue weighted by Gasteiger charge is -2.09. The lowest BCUT2D eigenvalue weighted by atomic mass is 10.1. The number of carbonyl (C=O) groups is 1.